The highest BCUT2D eigenvalue weighted by Gasteiger charge is 2.13. The molecule has 0 aromatic heterocycles. The minimum absolute atomic E-state index is 0.0374. The van der Waals surface area contributed by atoms with Crippen molar-refractivity contribution in [2.75, 3.05) is 25.5 Å². The van der Waals surface area contributed by atoms with Crippen molar-refractivity contribution in [3.8, 4) is 0 Å². The summed E-state index contributed by atoms with van der Waals surface area (Å²) in [5, 5.41) is 6.41. The van der Waals surface area contributed by atoms with Crippen molar-refractivity contribution in [3.63, 3.8) is 0 Å². The number of benzene rings is 1. The van der Waals surface area contributed by atoms with Crippen molar-refractivity contribution in [1.29, 1.82) is 0 Å². The number of anilines is 1. The lowest BCUT2D eigenvalue weighted by Gasteiger charge is -2.21. The first-order valence-electron chi connectivity index (χ1n) is 6.20. The molecule has 0 bridgehead atoms. The van der Waals surface area contributed by atoms with Gasteiger partial charge in [0, 0.05) is 24.3 Å². The van der Waals surface area contributed by atoms with E-state index in [1.165, 1.54) is 19.2 Å². The highest BCUT2D eigenvalue weighted by atomic mass is 19.1. The molecule has 0 radical (unpaired) electrons. The fraction of sp³-hybridized carbons (Fsp3) is 0.500. The van der Waals surface area contributed by atoms with Crippen LogP contribution in [0, 0.1) is 5.82 Å². The first kappa shape index (κ1) is 15.4. The average Bonchev–Trinajstić information content (AvgIpc) is 2.33. The third kappa shape index (κ3) is 5.26. The second-order valence-electron chi connectivity index (χ2n) is 5.29. The largest absolute Gasteiger partial charge is 0.465 e. The number of methoxy groups -OCH3 is 1. The lowest BCUT2D eigenvalue weighted by molar-refractivity contribution is 0.0601. The first-order chi connectivity index (χ1) is 8.83. The Morgan fingerprint density at radius 3 is 2.58 bits per heavy atom. The molecule has 0 fully saturated rings. The van der Waals surface area contributed by atoms with Gasteiger partial charge in [-0.15, -0.1) is 0 Å². The molecule has 0 unspecified atom stereocenters. The van der Waals surface area contributed by atoms with Crippen molar-refractivity contribution in [2.24, 2.45) is 0 Å². The summed E-state index contributed by atoms with van der Waals surface area (Å²) in [5.41, 5.74) is 0.817. The molecule has 0 saturated heterocycles. The molecule has 1 aromatic rings. The number of ether oxygens (including phenoxy) is 1. The van der Waals surface area contributed by atoms with Gasteiger partial charge in [0.25, 0.3) is 0 Å². The minimum atomic E-state index is -0.550. The Morgan fingerprint density at radius 2 is 2.00 bits per heavy atom. The van der Waals surface area contributed by atoms with E-state index >= 15 is 0 Å². The highest BCUT2D eigenvalue weighted by Crippen LogP contribution is 2.17. The maximum Gasteiger partial charge on any atom is 0.340 e. The van der Waals surface area contributed by atoms with Gasteiger partial charge in [-0.25, -0.2) is 9.18 Å². The molecule has 0 heterocycles. The molecule has 0 atom stereocenters. The van der Waals surface area contributed by atoms with E-state index in [-0.39, 0.29) is 11.1 Å². The summed E-state index contributed by atoms with van der Waals surface area (Å²) in [6.45, 7) is 7.59. The smallest absolute Gasteiger partial charge is 0.340 e. The predicted octanol–water partition coefficient (Wildman–Crippen LogP) is 2.41. The van der Waals surface area contributed by atoms with Gasteiger partial charge in [0.05, 0.1) is 12.7 Å². The third-order valence-electron chi connectivity index (χ3n) is 2.48. The second kappa shape index (κ2) is 6.52. The molecule has 5 heteroatoms. The van der Waals surface area contributed by atoms with Crippen LogP contribution in [0.5, 0.6) is 0 Å². The van der Waals surface area contributed by atoms with E-state index in [4.69, 9.17) is 0 Å². The Kier molecular flexibility index (Phi) is 5.30. The number of esters is 1. The molecule has 0 aliphatic carbocycles. The van der Waals surface area contributed by atoms with Crippen LogP contribution in [0.2, 0.25) is 0 Å². The van der Waals surface area contributed by atoms with Crippen LogP contribution >= 0.6 is 0 Å². The van der Waals surface area contributed by atoms with Crippen LogP contribution in [0.4, 0.5) is 10.1 Å². The van der Waals surface area contributed by atoms with Gasteiger partial charge in [0.15, 0.2) is 0 Å². The van der Waals surface area contributed by atoms with Crippen molar-refractivity contribution in [3.05, 3.63) is 29.6 Å². The summed E-state index contributed by atoms with van der Waals surface area (Å²) in [6, 6.07) is 4.02. The topological polar surface area (TPSA) is 50.4 Å². The zero-order valence-corrected chi connectivity index (χ0v) is 11.8. The molecule has 106 valence electrons. The van der Waals surface area contributed by atoms with Crippen LogP contribution in [0.25, 0.3) is 0 Å². The molecule has 1 rings (SSSR count). The minimum Gasteiger partial charge on any atom is -0.465 e. The SMILES string of the molecule is COC(=O)c1cc(F)ccc1NCCNC(C)(C)C. The quantitative estimate of drug-likeness (QED) is 0.636. The molecule has 4 nitrogen and oxygen atoms in total. The van der Waals surface area contributed by atoms with E-state index in [1.807, 2.05) is 0 Å². The number of hydrogen-bond acceptors (Lipinski definition) is 4. The summed E-state index contributed by atoms with van der Waals surface area (Å²) in [6.07, 6.45) is 0. The number of carbonyl (C=O) groups excluding carboxylic acids is 1. The van der Waals surface area contributed by atoms with E-state index in [2.05, 4.69) is 36.1 Å². The molecule has 2 N–H and O–H groups in total. The van der Waals surface area contributed by atoms with Crippen molar-refractivity contribution < 1.29 is 13.9 Å². The summed E-state index contributed by atoms with van der Waals surface area (Å²) in [5.74, 6) is -1.01. The van der Waals surface area contributed by atoms with Crippen molar-refractivity contribution in [2.45, 2.75) is 26.3 Å². The van der Waals surface area contributed by atoms with Crippen LogP contribution < -0.4 is 10.6 Å². The van der Waals surface area contributed by atoms with Crippen LogP contribution in [0.15, 0.2) is 18.2 Å². The van der Waals surface area contributed by atoms with E-state index in [0.29, 0.717) is 12.2 Å². The van der Waals surface area contributed by atoms with Gasteiger partial charge in [0.2, 0.25) is 0 Å². The fourth-order valence-corrected chi connectivity index (χ4v) is 1.58. The molecular formula is C14H21FN2O2. The van der Waals surface area contributed by atoms with E-state index in [1.54, 1.807) is 6.07 Å². The summed E-state index contributed by atoms with van der Waals surface area (Å²) in [4.78, 5) is 11.5. The van der Waals surface area contributed by atoms with Crippen molar-refractivity contribution in [1.82, 2.24) is 5.32 Å². The van der Waals surface area contributed by atoms with E-state index < -0.39 is 11.8 Å². The third-order valence-corrected chi connectivity index (χ3v) is 2.48. The van der Waals surface area contributed by atoms with Crippen LogP contribution in [0.3, 0.4) is 0 Å². The van der Waals surface area contributed by atoms with Crippen LogP contribution in [-0.2, 0) is 4.74 Å². The van der Waals surface area contributed by atoms with E-state index in [0.717, 1.165) is 6.54 Å². The number of hydrogen-bond donors (Lipinski definition) is 2. The Labute approximate surface area is 113 Å². The second-order valence-corrected chi connectivity index (χ2v) is 5.29. The van der Waals surface area contributed by atoms with Gasteiger partial charge in [-0.05, 0) is 39.0 Å². The highest BCUT2D eigenvalue weighted by molar-refractivity contribution is 5.95. The number of rotatable bonds is 5. The predicted molar refractivity (Wildman–Crippen MR) is 74.0 cm³/mol. The summed E-state index contributed by atoms with van der Waals surface area (Å²) < 4.78 is 17.8. The Morgan fingerprint density at radius 1 is 1.32 bits per heavy atom. The molecule has 0 saturated carbocycles. The first-order valence-corrected chi connectivity index (χ1v) is 6.20. The summed E-state index contributed by atoms with van der Waals surface area (Å²) >= 11 is 0. The number of carbonyl (C=O) groups is 1. The van der Waals surface area contributed by atoms with Crippen molar-refractivity contribution >= 4 is 11.7 Å². The van der Waals surface area contributed by atoms with Gasteiger partial charge in [-0.2, -0.15) is 0 Å². The lowest BCUT2D eigenvalue weighted by atomic mass is 10.1. The fourth-order valence-electron chi connectivity index (χ4n) is 1.58. The molecule has 0 spiro atoms. The van der Waals surface area contributed by atoms with Gasteiger partial charge in [0.1, 0.15) is 5.82 Å². The van der Waals surface area contributed by atoms with Crippen LogP contribution in [-0.4, -0.2) is 31.7 Å². The summed E-state index contributed by atoms with van der Waals surface area (Å²) in [7, 11) is 1.28. The molecule has 0 aliphatic rings. The molecule has 0 amide bonds. The van der Waals surface area contributed by atoms with Gasteiger partial charge >= 0.3 is 5.97 Å². The lowest BCUT2D eigenvalue weighted by Crippen LogP contribution is -2.38. The number of halogens is 1. The Bertz CT molecular complexity index is 442. The molecule has 19 heavy (non-hydrogen) atoms. The Balaban J connectivity index is 2.65. The van der Waals surface area contributed by atoms with Gasteiger partial charge in [-0.3, -0.25) is 0 Å². The number of nitrogens with one attached hydrogen (secondary N) is 2. The standard InChI is InChI=1S/C14H21FN2O2/c1-14(2,3)17-8-7-16-12-6-5-10(15)9-11(12)13(18)19-4/h5-6,9,16-17H,7-8H2,1-4H3. The zero-order chi connectivity index (χ0) is 14.5. The zero-order valence-electron chi connectivity index (χ0n) is 11.8. The normalized spacial score (nSPS) is 11.2. The monoisotopic (exact) mass is 268 g/mol. The molecule has 1 aromatic carbocycles. The van der Waals surface area contributed by atoms with Gasteiger partial charge in [-0.1, -0.05) is 0 Å². The van der Waals surface area contributed by atoms with Gasteiger partial charge < -0.3 is 15.4 Å². The van der Waals surface area contributed by atoms with E-state index in [9.17, 15) is 9.18 Å². The maximum atomic E-state index is 13.1. The Hall–Kier alpha value is -1.62. The van der Waals surface area contributed by atoms with Crippen LogP contribution in [0.1, 0.15) is 31.1 Å². The average molecular weight is 268 g/mol. The molecular weight excluding hydrogens is 247 g/mol. The molecule has 0 aliphatic heterocycles. The maximum absolute atomic E-state index is 13.1.